The number of carbonyl (C=O) groups excluding carboxylic acids is 1. The highest BCUT2D eigenvalue weighted by molar-refractivity contribution is 5.89. The first-order valence-electron chi connectivity index (χ1n) is 9.66. The van der Waals surface area contributed by atoms with Crippen molar-refractivity contribution in [2.45, 2.75) is 13.1 Å². The first kappa shape index (κ1) is 18.8. The van der Waals surface area contributed by atoms with Crippen LogP contribution in [0.4, 0.5) is 10.5 Å². The van der Waals surface area contributed by atoms with Gasteiger partial charge in [0.05, 0.1) is 40.5 Å². The molecule has 0 saturated carbocycles. The predicted octanol–water partition coefficient (Wildman–Crippen LogP) is 2.99. The minimum absolute atomic E-state index is 0.211. The summed E-state index contributed by atoms with van der Waals surface area (Å²) in [6.07, 6.45) is 0. The summed E-state index contributed by atoms with van der Waals surface area (Å²) in [5.41, 5.74) is 3.57. The van der Waals surface area contributed by atoms with Crippen molar-refractivity contribution >= 4 is 11.7 Å². The average Bonchev–Trinajstić information content (AvgIpc) is 2.65. The monoisotopic (exact) mass is 382 g/mol. The summed E-state index contributed by atoms with van der Waals surface area (Å²) >= 11 is 0. The van der Waals surface area contributed by atoms with Gasteiger partial charge in [-0.3, -0.25) is 0 Å². The summed E-state index contributed by atoms with van der Waals surface area (Å²) in [5, 5.41) is 5.76. The topological polar surface area (TPSA) is 59.6 Å². The quantitative estimate of drug-likeness (QED) is 0.755. The third-order valence-corrected chi connectivity index (χ3v) is 5.64. The molecule has 2 aliphatic heterocycles. The van der Waals surface area contributed by atoms with Gasteiger partial charge in [0.1, 0.15) is 17.7 Å². The highest BCUT2D eigenvalue weighted by Crippen LogP contribution is 2.42. The van der Waals surface area contributed by atoms with E-state index in [1.807, 2.05) is 36.4 Å². The minimum atomic E-state index is -0.211. The maximum atomic E-state index is 12.1. The molecule has 2 amide bonds. The molecule has 2 aromatic rings. The molecule has 6 heteroatoms. The lowest BCUT2D eigenvalue weighted by Crippen LogP contribution is -2.73. The summed E-state index contributed by atoms with van der Waals surface area (Å²) in [7, 11) is 3.94. The van der Waals surface area contributed by atoms with Crippen molar-refractivity contribution in [3.05, 3.63) is 59.7 Å². The van der Waals surface area contributed by atoms with Crippen LogP contribution in [0.1, 0.15) is 11.1 Å². The van der Waals surface area contributed by atoms with Crippen molar-refractivity contribution in [2.75, 3.05) is 45.8 Å². The number of quaternary nitrogens is 1. The predicted molar refractivity (Wildman–Crippen MR) is 108 cm³/mol. The van der Waals surface area contributed by atoms with Gasteiger partial charge >= 0.3 is 6.03 Å². The normalized spacial score (nSPS) is 18.6. The van der Waals surface area contributed by atoms with Crippen molar-refractivity contribution in [1.82, 2.24) is 5.32 Å². The number of nitrogens with zero attached hydrogens (tertiary/aromatic N) is 1. The highest BCUT2D eigenvalue weighted by Gasteiger charge is 2.58. The fourth-order valence-electron chi connectivity index (χ4n) is 4.49. The van der Waals surface area contributed by atoms with Crippen LogP contribution in [0.5, 0.6) is 5.75 Å². The first-order chi connectivity index (χ1) is 13.5. The van der Waals surface area contributed by atoms with Crippen molar-refractivity contribution in [2.24, 2.45) is 5.41 Å². The number of benzene rings is 2. The lowest BCUT2D eigenvalue weighted by atomic mass is 9.75. The molecule has 2 saturated heterocycles. The number of anilines is 1. The van der Waals surface area contributed by atoms with E-state index in [1.165, 1.54) is 18.7 Å². The fourth-order valence-corrected chi connectivity index (χ4v) is 4.49. The van der Waals surface area contributed by atoms with Crippen LogP contribution in [0.25, 0.3) is 0 Å². The van der Waals surface area contributed by atoms with Gasteiger partial charge in [-0.2, -0.15) is 0 Å². The molecule has 2 N–H and O–H groups in total. The van der Waals surface area contributed by atoms with Crippen LogP contribution in [0.2, 0.25) is 0 Å². The second-order valence-electron chi connectivity index (χ2n) is 8.44. The van der Waals surface area contributed by atoms with Crippen LogP contribution in [0.3, 0.4) is 0 Å². The zero-order valence-corrected chi connectivity index (χ0v) is 16.5. The molecule has 28 heavy (non-hydrogen) atoms. The molecule has 0 bridgehead atoms. The molecule has 0 atom stereocenters. The van der Waals surface area contributed by atoms with Gasteiger partial charge in [0.2, 0.25) is 0 Å². The van der Waals surface area contributed by atoms with E-state index in [2.05, 4.69) is 29.8 Å². The molecule has 0 aromatic heterocycles. The Hall–Kier alpha value is -2.57. The van der Waals surface area contributed by atoms with Gasteiger partial charge in [0.25, 0.3) is 0 Å². The smallest absolute Gasteiger partial charge is 0.319 e. The van der Waals surface area contributed by atoms with Crippen LogP contribution in [-0.4, -0.2) is 51.0 Å². The molecule has 0 aliphatic carbocycles. The van der Waals surface area contributed by atoms with Crippen LogP contribution >= 0.6 is 0 Å². The van der Waals surface area contributed by atoms with E-state index >= 15 is 0 Å². The number of hydrogen-bond acceptors (Lipinski definition) is 3. The van der Waals surface area contributed by atoms with Crippen molar-refractivity contribution in [3.8, 4) is 5.75 Å². The molecule has 2 heterocycles. The summed E-state index contributed by atoms with van der Waals surface area (Å²) in [6.45, 7) is 5.73. The Labute approximate surface area is 166 Å². The molecule has 6 nitrogen and oxygen atoms in total. The standard InChI is InChI=1S/C22H27N3O3/c1-25(13-22(14-25)15-28-16-22)12-18-3-7-19(8-4-18)24-21(26)23-11-17-5-9-20(27-2)10-6-17/h3-10H,11-16H2,1-2H3,(H-,23,24,26)/p+1. The van der Waals surface area contributed by atoms with Crippen molar-refractivity contribution in [1.29, 1.82) is 0 Å². The van der Waals surface area contributed by atoms with Crippen LogP contribution in [0, 0.1) is 5.41 Å². The van der Waals surface area contributed by atoms with E-state index in [1.54, 1.807) is 7.11 Å². The van der Waals surface area contributed by atoms with Gasteiger partial charge in [-0.25, -0.2) is 4.79 Å². The second kappa shape index (κ2) is 7.45. The number of hydrogen-bond donors (Lipinski definition) is 2. The molecule has 4 rings (SSSR count). The summed E-state index contributed by atoms with van der Waals surface area (Å²) in [6, 6.07) is 15.6. The van der Waals surface area contributed by atoms with Gasteiger partial charge in [0.15, 0.2) is 0 Å². The molecule has 2 fully saturated rings. The molecule has 0 radical (unpaired) electrons. The van der Waals surface area contributed by atoms with E-state index in [4.69, 9.17) is 9.47 Å². The molecule has 2 aromatic carbocycles. The SMILES string of the molecule is COc1ccc(CNC(=O)Nc2ccc(C[N+]3(C)CC4(COC4)C3)cc2)cc1. The Morgan fingerprint density at radius 2 is 1.71 bits per heavy atom. The summed E-state index contributed by atoms with van der Waals surface area (Å²) < 4.78 is 11.6. The second-order valence-corrected chi connectivity index (χ2v) is 8.44. The lowest BCUT2D eigenvalue weighted by Gasteiger charge is -2.59. The Kier molecular flexibility index (Phi) is 5.00. The zero-order valence-electron chi connectivity index (χ0n) is 16.5. The van der Waals surface area contributed by atoms with Crippen LogP contribution in [0.15, 0.2) is 48.5 Å². The first-order valence-corrected chi connectivity index (χ1v) is 9.66. The van der Waals surface area contributed by atoms with E-state index in [0.717, 1.165) is 41.2 Å². The number of rotatable bonds is 6. The Morgan fingerprint density at radius 1 is 1.07 bits per heavy atom. The number of ether oxygens (including phenoxy) is 2. The summed E-state index contributed by atoms with van der Waals surface area (Å²) in [4.78, 5) is 12.1. The maximum absolute atomic E-state index is 12.1. The number of nitrogens with one attached hydrogen (secondary N) is 2. The number of methoxy groups -OCH3 is 1. The van der Waals surface area contributed by atoms with Crippen molar-refractivity contribution in [3.63, 3.8) is 0 Å². The molecular formula is C22H28N3O3+. The molecular weight excluding hydrogens is 354 g/mol. The maximum Gasteiger partial charge on any atom is 0.319 e. The highest BCUT2D eigenvalue weighted by atomic mass is 16.5. The van der Waals surface area contributed by atoms with Gasteiger partial charge in [-0.05, 0) is 29.8 Å². The number of likely N-dealkylation sites (tertiary alicyclic amines) is 1. The van der Waals surface area contributed by atoms with Gasteiger partial charge in [0, 0.05) is 17.8 Å². The number of urea groups is 1. The molecule has 148 valence electrons. The third-order valence-electron chi connectivity index (χ3n) is 5.64. The van der Waals surface area contributed by atoms with Gasteiger partial charge < -0.3 is 24.6 Å². The third kappa shape index (κ3) is 4.13. The largest absolute Gasteiger partial charge is 0.497 e. The van der Waals surface area contributed by atoms with E-state index in [9.17, 15) is 4.79 Å². The Balaban J connectivity index is 1.24. The number of amides is 2. The lowest BCUT2D eigenvalue weighted by molar-refractivity contribution is -0.983. The van der Waals surface area contributed by atoms with E-state index in [0.29, 0.717) is 12.0 Å². The Morgan fingerprint density at radius 3 is 2.29 bits per heavy atom. The zero-order chi connectivity index (χ0) is 19.6. The fraction of sp³-hybridized carbons (Fsp3) is 0.409. The number of carbonyl (C=O) groups is 1. The van der Waals surface area contributed by atoms with Crippen LogP contribution < -0.4 is 15.4 Å². The average molecular weight is 382 g/mol. The van der Waals surface area contributed by atoms with Crippen LogP contribution in [-0.2, 0) is 17.8 Å². The molecule has 2 aliphatic rings. The van der Waals surface area contributed by atoms with Gasteiger partial charge in [-0.1, -0.05) is 24.3 Å². The van der Waals surface area contributed by atoms with Crippen molar-refractivity contribution < 1.29 is 18.8 Å². The molecule has 0 unspecified atom stereocenters. The van der Waals surface area contributed by atoms with E-state index < -0.39 is 0 Å². The summed E-state index contributed by atoms with van der Waals surface area (Å²) in [5.74, 6) is 0.805. The molecule has 1 spiro atoms. The van der Waals surface area contributed by atoms with E-state index in [-0.39, 0.29) is 6.03 Å². The minimum Gasteiger partial charge on any atom is -0.497 e. The van der Waals surface area contributed by atoms with Gasteiger partial charge in [-0.15, -0.1) is 0 Å². The Bertz CT molecular complexity index is 821.